The Morgan fingerprint density at radius 1 is 0.972 bits per heavy atom. The fourth-order valence-electron chi connectivity index (χ4n) is 3.20. The summed E-state index contributed by atoms with van der Waals surface area (Å²) < 4.78 is 0. The third-order valence-corrected chi connectivity index (χ3v) is 6.02. The molecule has 0 aliphatic rings. The van der Waals surface area contributed by atoms with Crippen molar-refractivity contribution >= 4 is 42.2 Å². The number of nitrogens with one attached hydrogen (secondary N) is 3. The number of rotatable bonds is 15. The lowest BCUT2D eigenvalue weighted by molar-refractivity contribution is -0.143. The molecule has 5 atom stereocenters. The van der Waals surface area contributed by atoms with Gasteiger partial charge in [0.25, 0.3) is 0 Å². The third kappa shape index (κ3) is 10.1. The van der Waals surface area contributed by atoms with Gasteiger partial charge < -0.3 is 37.6 Å². The molecule has 0 bridgehead atoms. The maximum absolute atomic E-state index is 13.2. The number of aliphatic carboxylic acids is 1. The number of hydrogen-bond donors (Lipinski definition) is 8. The maximum atomic E-state index is 13.2. The standard InChI is InChI=1S/C23H35N5O7S/c1-3-12(2)19(22(33)26-16(23(34)35)8-9-18(25)30)28-21(32)17(27-20(31)15(24)11-36)10-13-4-6-14(29)7-5-13/h4-7,12,15-17,19,29,36H,3,8-11,24H2,1-2H3,(H2,25,30)(H,26,33)(H,27,31)(H,28,32)(H,34,35)/t12-,15-,16-,17-,19-/m0/s1. The van der Waals surface area contributed by atoms with Crippen molar-refractivity contribution in [2.75, 3.05) is 5.75 Å². The van der Waals surface area contributed by atoms with Crippen molar-refractivity contribution in [3.8, 4) is 5.75 Å². The molecule has 0 unspecified atom stereocenters. The number of nitrogens with two attached hydrogens (primary N) is 2. The number of carbonyl (C=O) groups excluding carboxylic acids is 4. The molecule has 0 aliphatic carbocycles. The fraction of sp³-hybridized carbons (Fsp3) is 0.522. The van der Waals surface area contributed by atoms with Crippen molar-refractivity contribution in [3.05, 3.63) is 29.8 Å². The first-order chi connectivity index (χ1) is 16.9. The van der Waals surface area contributed by atoms with Crippen LogP contribution in [0.5, 0.6) is 5.75 Å². The highest BCUT2D eigenvalue weighted by Gasteiger charge is 2.32. The number of carboxylic acid groups (broad SMARTS) is 1. The van der Waals surface area contributed by atoms with Crippen LogP contribution in [0.2, 0.25) is 0 Å². The number of benzene rings is 1. The molecular formula is C23H35N5O7S. The van der Waals surface area contributed by atoms with E-state index in [1.165, 1.54) is 12.1 Å². The van der Waals surface area contributed by atoms with Gasteiger partial charge in [0.2, 0.25) is 23.6 Å². The monoisotopic (exact) mass is 525 g/mol. The van der Waals surface area contributed by atoms with E-state index in [0.717, 1.165) is 0 Å². The molecular weight excluding hydrogens is 490 g/mol. The van der Waals surface area contributed by atoms with Crippen LogP contribution in [0.3, 0.4) is 0 Å². The minimum atomic E-state index is -1.38. The molecule has 1 aromatic carbocycles. The number of carboxylic acids is 1. The highest BCUT2D eigenvalue weighted by Crippen LogP contribution is 2.13. The average Bonchev–Trinajstić information content (AvgIpc) is 2.84. The Kier molecular flexibility index (Phi) is 12.7. The van der Waals surface area contributed by atoms with E-state index < -0.39 is 59.7 Å². The molecule has 4 amide bonds. The fourth-order valence-corrected chi connectivity index (χ4v) is 3.37. The molecule has 1 rings (SSSR count). The van der Waals surface area contributed by atoms with E-state index in [1.54, 1.807) is 26.0 Å². The van der Waals surface area contributed by atoms with Crippen LogP contribution in [-0.2, 0) is 30.4 Å². The van der Waals surface area contributed by atoms with Gasteiger partial charge in [-0.05, 0) is 30.0 Å². The summed E-state index contributed by atoms with van der Waals surface area (Å²) in [6, 6.07) is 1.41. The molecule has 9 N–H and O–H groups in total. The van der Waals surface area contributed by atoms with E-state index in [4.69, 9.17) is 11.5 Å². The summed E-state index contributed by atoms with van der Waals surface area (Å²) >= 11 is 4.00. The molecule has 0 aliphatic heterocycles. The van der Waals surface area contributed by atoms with E-state index >= 15 is 0 Å². The largest absolute Gasteiger partial charge is 0.508 e. The van der Waals surface area contributed by atoms with Gasteiger partial charge >= 0.3 is 5.97 Å². The number of phenolic OH excluding ortho intramolecular Hbond substituents is 1. The van der Waals surface area contributed by atoms with Gasteiger partial charge in [-0.2, -0.15) is 12.6 Å². The quantitative estimate of drug-likeness (QED) is 0.133. The van der Waals surface area contributed by atoms with Crippen molar-refractivity contribution in [3.63, 3.8) is 0 Å². The predicted molar refractivity (Wildman–Crippen MR) is 135 cm³/mol. The first kappa shape index (κ1) is 30.7. The normalized spacial score (nSPS) is 15.0. The van der Waals surface area contributed by atoms with E-state index in [9.17, 15) is 34.2 Å². The molecule has 1 aromatic rings. The van der Waals surface area contributed by atoms with Gasteiger partial charge in [0.05, 0.1) is 6.04 Å². The van der Waals surface area contributed by atoms with E-state index in [-0.39, 0.29) is 30.8 Å². The summed E-state index contributed by atoms with van der Waals surface area (Å²) in [5, 5.41) is 26.4. The summed E-state index contributed by atoms with van der Waals surface area (Å²) in [5.41, 5.74) is 11.4. The molecule has 0 heterocycles. The molecule has 200 valence electrons. The minimum Gasteiger partial charge on any atom is -0.508 e. The SMILES string of the molecule is CC[C@H](C)[C@H](NC(=O)[C@H](Cc1ccc(O)cc1)NC(=O)[C@@H](N)CS)C(=O)N[C@@H](CCC(N)=O)C(=O)O. The van der Waals surface area contributed by atoms with Gasteiger partial charge in [-0.15, -0.1) is 0 Å². The van der Waals surface area contributed by atoms with Crippen LogP contribution in [0, 0.1) is 5.92 Å². The highest BCUT2D eigenvalue weighted by molar-refractivity contribution is 7.80. The van der Waals surface area contributed by atoms with E-state index in [0.29, 0.717) is 12.0 Å². The predicted octanol–water partition coefficient (Wildman–Crippen LogP) is -0.958. The minimum absolute atomic E-state index is 0.0266. The molecule has 0 spiro atoms. The van der Waals surface area contributed by atoms with Gasteiger partial charge in [-0.3, -0.25) is 19.2 Å². The van der Waals surface area contributed by atoms with Gasteiger partial charge in [0, 0.05) is 18.6 Å². The molecule has 0 saturated carbocycles. The molecule has 0 fully saturated rings. The number of amides is 4. The highest BCUT2D eigenvalue weighted by atomic mass is 32.1. The Labute approximate surface area is 215 Å². The van der Waals surface area contributed by atoms with Crippen LogP contribution < -0.4 is 27.4 Å². The number of aromatic hydroxyl groups is 1. The lowest BCUT2D eigenvalue weighted by atomic mass is 9.96. The second kappa shape index (κ2) is 14.9. The summed E-state index contributed by atoms with van der Waals surface area (Å²) in [6.07, 6.45) is 0.0434. The van der Waals surface area contributed by atoms with Crippen molar-refractivity contribution in [1.29, 1.82) is 0 Å². The van der Waals surface area contributed by atoms with Crippen LogP contribution in [0.1, 0.15) is 38.7 Å². The van der Waals surface area contributed by atoms with Crippen molar-refractivity contribution < 1.29 is 34.2 Å². The zero-order valence-electron chi connectivity index (χ0n) is 20.3. The van der Waals surface area contributed by atoms with Crippen LogP contribution in [-0.4, -0.2) is 69.7 Å². The van der Waals surface area contributed by atoms with E-state index in [1.807, 2.05) is 0 Å². The Bertz CT molecular complexity index is 928. The van der Waals surface area contributed by atoms with Crippen LogP contribution in [0.15, 0.2) is 24.3 Å². The van der Waals surface area contributed by atoms with Crippen LogP contribution >= 0.6 is 12.6 Å². The molecule has 0 saturated heterocycles. The van der Waals surface area contributed by atoms with Gasteiger partial charge in [-0.1, -0.05) is 32.4 Å². The molecule has 12 nitrogen and oxygen atoms in total. The van der Waals surface area contributed by atoms with Crippen molar-refractivity contribution in [2.24, 2.45) is 17.4 Å². The molecule has 0 aromatic heterocycles. The van der Waals surface area contributed by atoms with Crippen molar-refractivity contribution in [1.82, 2.24) is 16.0 Å². The van der Waals surface area contributed by atoms with Gasteiger partial charge in [0.1, 0.15) is 23.9 Å². The number of hydrogen-bond acceptors (Lipinski definition) is 8. The third-order valence-electron chi connectivity index (χ3n) is 5.63. The lowest BCUT2D eigenvalue weighted by Gasteiger charge is -2.28. The Morgan fingerprint density at radius 2 is 1.56 bits per heavy atom. The summed E-state index contributed by atoms with van der Waals surface area (Å²) in [5.74, 6) is -4.46. The Morgan fingerprint density at radius 3 is 2.06 bits per heavy atom. The first-order valence-electron chi connectivity index (χ1n) is 11.5. The summed E-state index contributed by atoms with van der Waals surface area (Å²) in [4.78, 5) is 61.2. The number of thiol groups is 1. The smallest absolute Gasteiger partial charge is 0.326 e. The number of primary amides is 1. The Hall–Kier alpha value is -3.32. The summed E-state index contributed by atoms with van der Waals surface area (Å²) in [6.45, 7) is 3.49. The average molecular weight is 526 g/mol. The van der Waals surface area contributed by atoms with E-state index in [2.05, 4.69) is 28.6 Å². The van der Waals surface area contributed by atoms with Crippen molar-refractivity contribution in [2.45, 2.75) is 63.7 Å². The zero-order valence-corrected chi connectivity index (χ0v) is 21.2. The molecule has 0 radical (unpaired) electrons. The number of phenols is 1. The molecule has 13 heteroatoms. The second-order valence-electron chi connectivity index (χ2n) is 8.50. The van der Waals surface area contributed by atoms with Gasteiger partial charge in [0.15, 0.2) is 0 Å². The lowest BCUT2D eigenvalue weighted by Crippen LogP contribution is -2.59. The summed E-state index contributed by atoms with van der Waals surface area (Å²) in [7, 11) is 0. The number of carbonyl (C=O) groups is 5. The van der Waals surface area contributed by atoms with Gasteiger partial charge in [-0.25, -0.2) is 4.79 Å². The Balaban J connectivity index is 3.12. The maximum Gasteiger partial charge on any atom is 0.326 e. The second-order valence-corrected chi connectivity index (χ2v) is 8.86. The zero-order chi connectivity index (χ0) is 27.4. The van der Waals surface area contributed by atoms with Crippen LogP contribution in [0.25, 0.3) is 0 Å². The molecule has 36 heavy (non-hydrogen) atoms. The first-order valence-corrected chi connectivity index (χ1v) is 12.1. The topological polar surface area (TPSA) is 214 Å². The van der Waals surface area contributed by atoms with Crippen LogP contribution in [0.4, 0.5) is 0 Å².